The van der Waals surface area contributed by atoms with Gasteiger partial charge in [-0.3, -0.25) is 20.2 Å². The topological polar surface area (TPSA) is 119 Å². The molecule has 0 aromatic carbocycles. The minimum Gasteiger partial charge on any atom is -0.353 e. The second-order valence-electron chi connectivity index (χ2n) is 5.75. The molecule has 0 spiro atoms. The van der Waals surface area contributed by atoms with Crippen LogP contribution >= 0.6 is 0 Å². The molecule has 2 aromatic rings. The van der Waals surface area contributed by atoms with Gasteiger partial charge in [0.1, 0.15) is 24.0 Å². The molecule has 3 rings (SSSR count). The number of nitrogens with zero attached hydrogens (tertiary/aromatic N) is 6. The van der Waals surface area contributed by atoms with Crippen LogP contribution < -0.4 is 9.80 Å². The molecule has 0 unspecified atom stereocenters. The summed E-state index contributed by atoms with van der Waals surface area (Å²) in [5.41, 5.74) is -0.0735. The first-order chi connectivity index (χ1) is 12.0. The summed E-state index contributed by atoms with van der Waals surface area (Å²) in [5.74, 6) is 1.38. The molecule has 3 heterocycles. The molecule has 2 aromatic heterocycles. The fourth-order valence-electron chi connectivity index (χ4n) is 2.84. The van der Waals surface area contributed by atoms with Gasteiger partial charge in [-0.2, -0.15) is 0 Å². The van der Waals surface area contributed by atoms with Crippen LogP contribution in [0.15, 0.2) is 36.7 Å². The van der Waals surface area contributed by atoms with Crippen molar-refractivity contribution in [1.82, 2.24) is 9.97 Å². The van der Waals surface area contributed by atoms with Crippen LogP contribution in [0.5, 0.6) is 0 Å². The monoisotopic (exact) mass is 344 g/mol. The first-order valence-electron chi connectivity index (χ1n) is 7.68. The average molecular weight is 344 g/mol. The van der Waals surface area contributed by atoms with Gasteiger partial charge in [0.05, 0.1) is 9.85 Å². The Morgan fingerprint density at radius 1 is 0.960 bits per heavy atom. The van der Waals surface area contributed by atoms with Gasteiger partial charge in [0.2, 0.25) is 0 Å². The molecule has 1 atom stereocenters. The van der Waals surface area contributed by atoms with E-state index in [0.717, 1.165) is 0 Å². The van der Waals surface area contributed by atoms with E-state index in [1.54, 1.807) is 12.1 Å². The number of hydrogen-bond donors (Lipinski definition) is 0. The lowest BCUT2D eigenvalue weighted by Crippen LogP contribution is -2.52. The first kappa shape index (κ1) is 16.6. The third kappa shape index (κ3) is 3.47. The Bertz CT molecular complexity index is 780. The highest BCUT2D eigenvalue weighted by Gasteiger charge is 2.26. The number of anilines is 2. The van der Waals surface area contributed by atoms with Crippen LogP contribution in [0.3, 0.4) is 0 Å². The van der Waals surface area contributed by atoms with E-state index in [-0.39, 0.29) is 17.4 Å². The summed E-state index contributed by atoms with van der Waals surface area (Å²) in [4.78, 5) is 32.9. The fourth-order valence-corrected chi connectivity index (χ4v) is 2.84. The third-order valence-electron chi connectivity index (χ3n) is 4.13. The Morgan fingerprint density at radius 3 is 1.96 bits per heavy atom. The van der Waals surface area contributed by atoms with Crippen LogP contribution in [-0.2, 0) is 0 Å². The van der Waals surface area contributed by atoms with Gasteiger partial charge in [0, 0.05) is 37.8 Å². The molecule has 1 aliphatic heterocycles. The van der Waals surface area contributed by atoms with Crippen LogP contribution in [0, 0.1) is 20.2 Å². The van der Waals surface area contributed by atoms with Crippen molar-refractivity contribution in [2.75, 3.05) is 29.4 Å². The van der Waals surface area contributed by atoms with Crippen molar-refractivity contribution in [2.45, 2.75) is 13.0 Å². The van der Waals surface area contributed by atoms with Crippen molar-refractivity contribution < 1.29 is 9.85 Å². The molecule has 0 radical (unpaired) electrons. The van der Waals surface area contributed by atoms with Crippen molar-refractivity contribution in [3.8, 4) is 0 Å². The number of pyridine rings is 2. The van der Waals surface area contributed by atoms with E-state index in [1.165, 1.54) is 24.5 Å². The summed E-state index contributed by atoms with van der Waals surface area (Å²) in [7, 11) is 0. The lowest BCUT2D eigenvalue weighted by atomic mass is 10.2. The molecule has 0 saturated carbocycles. The molecule has 25 heavy (non-hydrogen) atoms. The van der Waals surface area contributed by atoms with Crippen LogP contribution in [0.2, 0.25) is 0 Å². The molecule has 10 nitrogen and oxygen atoms in total. The van der Waals surface area contributed by atoms with Crippen LogP contribution in [-0.4, -0.2) is 45.5 Å². The van der Waals surface area contributed by atoms with E-state index in [9.17, 15) is 20.2 Å². The van der Waals surface area contributed by atoms with Gasteiger partial charge in [-0.05, 0) is 19.1 Å². The first-order valence-corrected chi connectivity index (χ1v) is 7.68. The Kier molecular flexibility index (Phi) is 4.42. The second kappa shape index (κ2) is 6.67. The Balaban J connectivity index is 1.69. The van der Waals surface area contributed by atoms with Gasteiger partial charge in [0.25, 0.3) is 11.4 Å². The van der Waals surface area contributed by atoms with Gasteiger partial charge in [-0.15, -0.1) is 0 Å². The van der Waals surface area contributed by atoms with E-state index in [2.05, 4.69) is 19.8 Å². The van der Waals surface area contributed by atoms with Gasteiger partial charge in [0.15, 0.2) is 0 Å². The lowest BCUT2D eigenvalue weighted by molar-refractivity contribution is -0.385. The maximum atomic E-state index is 10.7. The molecule has 10 heteroatoms. The molecule has 1 saturated heterocycles. The minimum absolute atomic E-state index is 0.0366. The third-order valence-corrected chi connectivity index (χ3v) is 4.13. The Labute approximate surface area is 143 Å². The highest BCUT2D eigenvalue weighted by molar-refractivity contribution is 5.49. The number of nitro groups is 2. The van der Waals surface area contributed by atoms with Gasteiger partial charge >= 0.3 is 0 Å². The molecule has 1 aliphatic rings. The van der Waals surface area contributed by atoms with Crippen molar-refractivity contribution >= 4 is 23.0 Å². The SMILES string of the molecule is C[C@@H]1CN(c2ccc([N+](=O)[O-])cn2)CCN1c1ccc([N+](=O)[O-])cn1. The zero-order chi connectivity index (χ0) is 18.0. The Morgan fingerprint density at radius 2 is 1.52 bits per heavy atom. The average Bonchev–Trinajstić information content (AvgIpc) is 2.62. The summed E-state index contributed by atoms with van der Waals surface area (Å²) in [6.45, 7) is 4.04. The number of piperazine rings is 1. The van der Waals surface area contributed by atoms with Gasteiger partial charge in [-0.25, -0.2) is 9.97 Å². The van der Waals surface area contributed by atoms with Crippen LogP contribution in [0.1, 0.15) is 6.92 Å². The van der Waals surface area contributed by atoms with Gasteiger partial charge < -0.3 is 9.80 Å². The summed E-state index contributed by atoms with van der Waals surface area (Å²) >= 11 is 0. The van der Waals surface area contributed by atoms with Crippen molar-refractivity contribution in [1.29, 1.82) is 0 Å². The highest BCUT2D eigenvalue weighted by Crippen LogP contribution is 2.23. The van der Waals surface area contributed by atoms with E-state index < -0.39 is 9.85 Å². The van der Waals surface area contributed by atoms with E-state index in [1.807, 2.05) is 6.92 Å². The van der Waals surface area contributed by atoms with Crippen molar-refractivity contribution in [3.05, 3.63) is 56.9 Å². The number of aromatic nitrogens is 2. The summed E-state index contributed by atoms with van der Waals surface area (Å²) in [6.07, 6.45) is 2.51. The lowest BCUT2D eigenvalue weighted by Gasteiger charge is -2.41. The molecular weight excluding hydrogens is 328 g/mol. The maximum absolute atomic E-state index is 10.7. The molecule has 0 bridgehead atoms. The standard InChI is InChI=1S/C15H16N6O4/c1-11-10-18(14-4-2-12(8-16-14)20(22)23)6-7-19(11)15-5-3-13(9-17-15)21(24)25/h2-5,8-9,11H,6-7,10H2,1H3/t11-/m1/s1. The van der Waals surface area contributed by atoms with Gasteiger partial charge in [-0.1, -0.05) is 0 Å². The largest absolute Gasteiger partial charge is 0.353 e. The Hall–Kier alpha value is -3.30. The number of hydrogen-bond acceptors (Lipinski definition) is 8. The maximum Gasteiger partial charge on any atom is 0.287 e. The predicted molar refractivity (Wildman–Crippen MR) is 90.8 cm³/mol. The van der Waals surface area contributed by atoms with E-state index in [0.29, 0.717) is 31.3 Å². The molecule has 0 amide bonds. The molecule has 130 valence electrons. The minimum atomic E-state index is -0.475. The fraction of sp³-hybridized carbons (Fsp3) is 0.333. The summed E-state index contributed by atoms with van der Waals surface area (Å²) in [5, 5.41) is 21.4. The number of rotatable bonds is 4. The molecular formula is C15H16N6O4. The quantitative estimate of drug-likeness (QED) is 0.610. The normalized spacial score (nSPS) is 17.4. The summed E-state index contributed by atoms with van der Waals surface area (Å²) in [6, 6.07) is 6.29. The molecule has 1 fully saturated rings. The van der Waals surface area contributed by atoms with Crippen molar-refractivity contribution in [2.24, 2.45) is 0 Å². The van der Waals surface area contributed by atoms with E-state index >= 15 is 0 Å². The van der Waals surface area contributed by atoms with Crippen LogP contribution in [0.25, 0.3) is 0 Å². The van der Waals surface area contributed by atoms with E-state index in [4.69, 9.17) is 0 Å². The molecule has 0 N–H and O–H groups in total. The predicted octanol–water partition coefficient (Wildman–Crippen LogP) is 2.01. The molecule has 0 aliphatic carbocycles. The smallest absolute Gasteiger partial charge is 0.287 e. The van der Waals surface area contributed by atoms with Crippen LogP contribution in [0.4, 0.5) is 23.0 Å². The zero-order valence-corrected chi connectivity index (χ0v) is 13.5. The zero-order valence-electron chi connectivity index (χ0n) is 13.5. The highest BCUT2D eigenvalue weighted by atomic mass is 16.6. The summed E-state index contributed by atoms with van der Waals surface area (Å²) < 4.78 is 0. The van der Waals surface area contributed by atoms with Crippen molar-refractivity contribution in [3.63, 3.8) is 0 Å². The second-order valence-corrected chi connectivity index (χ2v) is 5.75.